The van der Waals surface area contributed by atoms with E-state index >= 15 is 0 Å². The van der Waals surface area contributed by atoms with Crippen molar-refractivity contribution in [3.8, 4) is 5.82 Å². The molecule has 0 saturated carbocycles. The van der Waals surface area contributed by atoms with E-state index in [1.165, 1.54) is 32.4 Å². The smallest absolute Gasteiger partial charge is 0.342 e. The van der Waals surface area contributed by atoms with E-state index in [0.717, 1.165) is 4.31 Å². The zero-order chi connectivity index (χ0) is 21.2. The van der Waals surface area contributed by atoms with Crippen LogP contribution in [0.4, 0.5) is 0 Å². The van der Waals surface area contributed by atoms with Crippen LogP contribution in [0.3, 0.4) is 0 Å². The number of esters is 1. The maximum Gasteiger partial charge on any atom is 0.342 e. The Labute approximate surface area is 169 Å². The minimum atomic E-state index is -3.69. The van der Waals surface area contributed by atoms with Gasteiger partial charge < -0.3 is 9.15 Å². The van der Waals surface area contributed by atoms with Crippen molar-refractivity contribution in [2.24, 2.45) is 0 Å². The predicted molar refractivity (Wildman–Crippen MR) is 104 cm³/mol. The van der Waals surface area contributed by atoms with Crippen LogP contribution in [-0.2, 0) is 21.4 Å². The van der Waals surface area contributed by atoms with Crippen molar-refractivity contribution in [2.45, 2.75) is 31.5 Å². The first kappa shape index (κ1) is 20.7. The highest BCUT2D eigenvalue weighted by Gasteiger charge is 2.24. The number of ether oxygens (including phenoxy) is 1. The molecule has 3 aromatic rings. The van der Waals surface area contributed by atoms with Crippen LogP contribution in [0.5, 0.6) is 0 Å². The third-order valence-corrected chi connectivity index (χ3v) is 5.85. The minimum Gasteiger partial charge on any atom is -0.454 e. The standard InChI is InChI=1S/C19H22N4O5S/c1-13(2)18-15(11-21-23(18)16-7-5-6-10-20-16)19(24)27-12-14-8-9-17(28-14)29(25,26)22(3)4/h5-11,13H,12H2,1-4H3. The van der Waals surface area contributed by atoms with Gasteiger partial charge in [-0.2, -0.15) is 5.10 Å². The lowest BCUT2D eigenvalue weighted by Crippen LogP contribution is -2.21. The number of furan rings is 1. The molecule has 0 N–H and O–H groups in total. The number of nitrogens with zero attached hydrogens (tertiary/aromatic N) is 4. The SMILES string of the molecule is CC(C)c1c(C(=O)OCc2ccc(S(=O)(=O)N(C)C)o2)cnn1-c1ccccn1. The summed E-state index contributed by atoms with van der Waals surface area (Å²) in [4.78, 5) is 16.9. The largest absolute Gasteiger partial charge is 0.454 e. The Kier molecular flexibility index (Phi) is 5.85. The number of pyridine rings is 1. The number of carbonyl (C=O) groups excluding carboxylic acids is 1. The van der Waals surface area contributed by atoms with Crippen LogP contribution in [0.2, 0.25) is 0 Å². The van der Waals surface area contributed by atoms with Crippen molar-refractivity contribution < 1.29 is 22.4 Å². The minimum absolute atomic E-state index is 0.0116. The number of hydrogen-bond acceptors (Lipinski definition) is 7. The molecule has 29 heavy (non-hydrogen) atoms. The zero-order valence-corrected chi connectivity index (χ0v) is 17.4. The highest BCUT2D eigenvalue weighted by atomic mass is 32.2. The van der Waals surface area contributed by atoms with Gasteiger partial charge in [-0.3, -0.25) is 0 Å². The van der Waals surface area contributed by atoms with Gasteiger partial charge in [0.15, 0.2) is 5.82 Å². The Morgan fingerprint density at radius 1 is 1.24 bits per heavy atom. The fourth-order valence-corrected chi connectivity index (χ4v) is 3.51. The summed E-state index contributed by atoms with van der Waals surface area (Å²) in [6.07, 6.45) is 3.09. The van der Waals surface area contributed by atoms with E-state index in [2.05, 4.69) is 10.1 Å². The Bertz CT molecular complexity index is 1100. The van der Waals surface area contributed by atoms with E-state index in [1.54, 1.807) is 23.0 Å². The van der Waals surface area contributed by atoms with Crippen molar-refractivity contribution in [2.75, 3.05) is 14.1 Å². The average molecular weight is 418 g/mol. The normalized spacial score (nSPS) is 11.9. The molecule has 10 heteroatoms. The van der Waals surface area contributed by atoms with Gasteiger partial charge in [-0.15, -0.1) is 0 Å². The van der Waals surface area contributed by atoms with Gasteiger partial charge in [-0.25, -0.2) is 27.2 Å². The lowest BCUT2D eigenvalue weighted by atomic mass is 10.1. The Balaban J connectivity index is 1.79. The molecule has 0 bridgehead atoms. The van der Waals surface area contributed by atoms with Crippen LogP contribution in [0.1, 0.15) is 41.6 Å². The van der Waals surface area contributed by atoms with E-state index in [-0.39, 0.29) is 23.4 Å². The first-order valence-electron chi connectivity index (χ1n) is 8.89. The second-order valence-corrected chi connectivity index (χ2v) is 8.87. The maximum atomic E-state index is 12.6. The van der Waals surface area contributed by atoms with Crippen LogP contribution in [0.15, 0.2) is 52.2 Å². The molecule has 0 amide bonds. The molecule has 3 aromatic heterocycles. The molecular formula is C19H22N4O5S. The fourth-order valence-electron chi connectivity index (χ4n) is 2.70. The first-order chi connectivity index (χ1) is 13.7. The predicted octanol–water partition coefficient (Wildman–Crippen LogP) is 2.59. The van der Waals surface area contributed by atoms with Crippen molar-refractivity contribution in [1.29, 1.82) is 0 Å². The third-order valence-electron chi connectivity index (χ3n) is 4.16. The topological polar surface area (TPSA) is 108 Å². The average Bonchev–Trinajstić information content (AvgIpc) is 3.34. The highest BCUT2D eigenvalue weighted by Crippen LogP contribution is 2.24. The van der Waals surface area contributed by atoms with E-state index in [9.17, 15) is 13.2 Å². The summed E-state index contributed by atoms with van der Waals surface area (Å²) < 4.78 is 37.4. The Hall–Kier alpha value is -2.98. The Morgan fingerprint density at radius 3 is 2.62 bits per heavy atom. The molecule has 0 atom stereocenters. The summed E-state index contributed by atoms with van der Waals surface area (Å²) in [5.74, 6) is 0.230. The molecule has 154 valence electrons. The van der Waals surface area contributed by atoms with Gasteiger partial charge in [-0.05, 0) is 30.2 Å². The van der Waals surface area contributed by atoms with Crippen molar-refractivity contribution in [3.63, 3.8) is 0 Å². The molecule has 3 heterocycles. The summed E-state index contributed by atoms with van der Waals surface area (Å²) in [7, 11) is -0.872. The Morgan fingerprint density at radius 2 is 2.00 bits per heavy atom. The van der Waals surface area contributed by atoms with Crippen LogP contribution in [0, 0.1) is 0 Å². The molecule has 0 aliphatic rings. The zero-order valence-electron chi connectivity index (χ0n) is 16.6. The second-order valence-electron chi connectivity index (χ2n) is 6.78. The van der Waals surface area contributed by atoms with Crippen molar-refractivity contribution >= 4 is 16.0 Å². The van der Waals surface area contributed by atoms with Crippen LogP contribution >= 0.6 is 0 Å². The van der Waals surface area contributed by atoms with Crippen molar-refractivity contribution in [3.05, 3.63) is 59.7 Å². The van der Waals surface area contributed by atoms with Gasteiger partial charge in [0, 0.05) is 20.3 Å². The first-order valence-corrected chi connectivity index (χ1v) is 10.3. The maximum absolute atomic E-state index is 12.6. The molecule has 0 fully saturated rings. The van der Waals surface area contributed by atoms with Crippen LogP contribution < -0.4 is 0 Å². The molecule has 0 aromatic carbocycles. The third kappa shape index (κ3) is 4.22. The van der Waals surface area contributed by atoms with Crippen molar-refractivity contribution in [1.82, 2.24) is 19.1 Å². The molecule has 0 unspecified atom stereocenters. The molecule has 0 spiro atoms. The number of carbonyl (C=O) groups is 1. The van der Waals surface area contributed by atoms with Crippen LogP contribution in [-0.4, -0.2) is 47.6 Å². The summed E-state index contributed by atoms with van der Waals surface area (Å²) >= 11 is 0. The molecule has 0 aliphatic heterocycles. The van der Waals surface area contributed by atoms with Crippen LogP contribution in [0.25, 0.3) is 5.82 Å². The molecule has 3 rings (SSSR count). The van der Waals surface area contributed by atoms with E-state index in [1.807, 2.05) is 19.9 Å². The number of sulfonamides is 1. The number of rotatable bonds is 7. The van der Waals surface area contributed by atoms with Gasteiger partial charge >= 0.3 is 5.97 Å². The van der Waals surface area contributed by atoms with Gasteiger partial charge in [0.05, 0.1) is 11.9 Å². The fraction of sp³-hybridized carbons (Fsp3) is 0.316. The quantitative estimate of drug-likeness (QED) is 0.543. The van der Waals surface area contributed by atoms with Gasteiger partial charge in [0.1, 0.15) is 17.9 Å². The van der Waals surface area contributed by atoms with Gasteiger partial charge in [-0.1, -0.05) is 19.9 Å². The summed E-state index contributed by atoms with van der Waals surface area (Å²) in [6.45, 7) is 3.68. The summed E-state index contributed by atoms with van der Waals surface area (Å²) in [6, 6.07) is 8.22. The van der Waals surface area contributed by atoms with E-state index in [4.69, 9.17) is 9.15 Å². The van der Waals surface area contributed by atoms with E-state index in [0.29, 0.717) is 17.1 Å². The molecule has 0 aliphatic carbocycles. The second kappa shape index (κ2) is 8.18. The monoisotopic (exact) mass is 418 g/mol. The van der Waals surface area contributed by atoms with Gasteiger partial charge in [0.2, 0.25) is 5.09 Å². The lowest BCUT2D eigenvalue weighted by molar-refractivity contribution is 0.0439. The van der Waals surface area contributed by atoms with E-state index < -0.39 is 16.0 Å². The summed E-state index contributed by atoms with van der Waals surface area (Å²) in [5.41, 5.74) is 0.988. The molecular weight excluding hydrogens is 396 g/mol. The summed E-state index contributed by atoms with van der Waals surface area (Å²) in [5, 5.41) is 4.08. The van der Waals surface area contributed by atoms with Gasteiger partial charge in [0.25, 0.3) is 10.0 Å². The highest BCUT2D eigenvalue weighted by molar-refractivity contribution is 7.88. The number of hydrogen-bond donors (Lipinski definition) is 0. The lowest BCUT2D eigenvalue weighted by Gasteiger charge is -2.11. The molecule has 9 nitrogen and oxygen atoms in total. The number of aromatic nitrogens is 3. The molecule has 0 radical (unpaired) electrons. The molecule has 0 saturated heterocycles.